The number of amides is 1. The lowest BCUT2D eigenvalue weighted by Crippen LogP contribution is -2.79. The maximum Gasteiger partial charge on any atom is 0.356 e. The molecular formula is C24H24N6O4S2. The van der Waals surface area contributed by atoms with Gasteiger partial charge in [0, 0.05) is 18.6 Å². The van der Waals surface area contributed by atoms with E-state index in [1.54, 1.807) is 7.05 Å². The molecule has 3 aromatic rings. The topological polar surface area (TPSA) is 136 Å². The van der Waals surface area contributed by atoms with Crippen molar-refractivity contribution in [2.24, 2.45) is 12.8 Å². The van der Waals surface area contributed by atoms with Crippen molar-refractivity contribution in [3.8, 4) is 0 Å². The molecule has 2 aliphatic heterocycles. The first kappa shape index (κ1) is 24.5. The van der Waals surface area contributed by atoms with E-state index in [1.807, 2.05) is 60.7 Å². The summed E-state index contributed by atoms with van der Waals surface area (Å²) >= 11 is 2.77. The Morgan fingerprint density at radius 3 is 2.42 bits per heavy atom. The molecule has 0 saturated carbocycles. The molecule has 12 heteroatoms. The van der Waals surface area contributed by atoms with E-state index in [-0.39, 0.29) is 5.70 Å². The van der Waals surface area contributed by atoms with E-state index in [2.05, 4.69) is 15.5 Å². The third-order valence-corrected chi connectivity index (χ3v) is 8.68. The highest BCUT2D eigenvalue weighted by molar-refractivity contribution is 8.01. The van der Waals surface area contributed by atoms with Gasteiger partial charge in [0.25, 0.3) is 5.91 Å². The number of benzene rings is 2. The minimum Gasteiger partial charge on any atom is -0.448 e. The average Bonchev–Trinajstić information content (AvgIpc) is 3.34. The van der Waals surface area contributed by atoms with Crippen LogP contribution in [0.2, 0.25) is 0 Å². The second kappa shape index (κ2) is 10.1. The van der Waals surface area contributed by atoms with Gasteiger partial charge in [0.05, 0.1) is 6.61 Å². The highest BCUT2D eigenvalue weighted by Gasteiger charge is 2.62. The van der Waals surface area contributed by atoms with E-state index in [1.165, 1.54) is 33.1 Å². The fourth-order valence-corrected chi connectivity index (χ4v) is 6.61. The summed E-state index contributed by atoms with van der Waals surface area (Å²) in [7, 11) is 1.73. The fourth-order valence-electron chi connectivity index (χ4n) is 4.20. The molecule has 36 heavy (non-hydrogen) atoms. The van der Waals surface area contributed by atoms with E-state index in [0.717, 1.165) is 11.1 Å². The second-order valence-electron chi connectivity index (χ2n) is 8.47. The number of aryl methyl sites for hydroxylation is 1. The molecule has 0 spiro atoms. The zero-order valence-electron chi connectivity index (χ0n) is 19.4. The molecule has 1 fully saturated rings. The zero-order valence-corrected chi connectivity index (χ0v) is 21.0. The minimum absolute atomic E-state index is 0.165. The first-order chi connectivity index (χ1) is 17.4. The lowest BCUT2D eigenvalue weighted by Gasteiger charge is -2.55. The Morgan fingerprint density at radius 2 is 1.86 bits per heavy atom. The number of fused-ring (bicyclic) bond motifs is 1. The third kappa shape index (κ3) is 4.30. The molecule has 3 N–H and O–H groups in total. The van der Waals surface area contributed by atoms with Crippen molar-refractivity contribution in [3.63, 3.8) is 0 Å². The molecule has 3 heterocycles. The molecule has 1 amide bonds. The number of hydrogen-bond acceptors (Lipinski definition) is 10. The number of nitrogens with zero attached hydrogens (tertiary/aromatic N) is 5. The van der Waals surface area contributed by atoms with Gasteiger partial charge in [0.2, 0.25) is 5.16 Å². The zero-order chi connectivity index (χ0) is 25.3. The molecule has 1 aromatic heterocycles. The van der Waals surface area contributed by atoms with Crippen molar-refractivity contribution >= 4 is 35.4 Å². The standard InChI is InChI=1S/C24H24N6O4S2/c1-29-23(26-27-28-29)36-13-17-12-35-22-24(25,14-31)21(33)30(22)18(17)20(32)34-19(15-8-4-2-5-9-15)16-10-6-3-7-11-16/h2-11,19,22,31H,12-14,25H2,1H3/t22-,24-/m1/s1. The Morgan fingerprint density at radius 1 is 1.22 bits per heavy atom. The van der Waals surface area contributed by atoms with Crippen LogP contribution in [-0.4, -0.2) is 71.1 Å². The van der Waals surface area contributed by atoms with Gasteiger partial charge in [0.15, 0.2) is 6.10 Å². The van der Waals surface area contributed by atoms with Gasteiger partial charge in [-0.15, -0.1) is 16.9 Å². The van der Waals surface area contributed by atoms with Crippen LogP contribution in [0.4, 0.5) is 0 Å². The summed E-state index contributed by atoms with van der Waals surface area (Å²) in [6.07, 6.45) is -0.672. The highest BCUT2D eigenvalue weighted by atomic mass is 32.2. The van der Waals surface area contributed by atoms with Crippen LogP contribution in [0.5, 0.6) is 0 Å². The van der Waals surface area contributed by atoms with Gasteiger partial charge >= 0.3 is 5.97 Å². The van der Waals surface area contributed by atoms with Crippen LogP contribution in [0.3, 0.4) is 0 Å². The molecule has 1 saturated heterocycles. The quantitative estimate of drug-likeness (QED) is 0.253. The Kier molecular flexibility index (Phi) is 6.84. The first-order valence-electron chi connectivity index (χ1n) is 11.2. The molecule has 5 rings (SSSR count). The van der Waals surface area contributed by atoms with Crippen molar-refractivity contribution < 1.29 is 19.4 Å². The largest absolute Gasteiger partial charge is 0.448 e. The van der Waals surface area contributed by atoms with Crippen molar-refractivity contribution in [1.29, 1.82) is 0 Å². The molecule has 0 aliphatic carbocycles. The number of rotatable bonds is 8. The van der Waals surface area contributed by atoms with E-state index < -0.39 is 35.5 Å². The number of carbonyl (C=O) groups excluding carboxylic acids is 2. The molecule has 2 aliphatic rings. The van der Waals surface area contributed by atoms with Crippen LogP contribution in [0.25, 0.3) is 0 Å². The Balaban J connectivity index is 1.50. The number of aliphatic hydroxyl groups excluding tert-OH is 1. The summed E-state index contributed by atoms with van der Waals surface area (Å²) in [5.74, 6) is -0.316. The highest BCUT2D eigenvalue weighted by Crippen LogP contribution is 2.46. The summed E-state index contributed by atoms with van der Waals surface area (Å²) in [5.41, 5.74) is 7.25. The summed E-state index contributed by atoms with van der Waals surface area (Å²) in [4.78, 5) is 28.2. The second-order valence-corrected chi connectivity index (χ2v) is 10.5. The molecule has 2 atom stereocenters. The van der Waals surface area contributed by atoms with Crippen molar-refractivity contribution in [1.82, 2.24) is 25.1 Å². The van der Waals surface area contributed by atoms with E-state index in [0.29, 0.717) is 22.2 Å². The number of β-lactam (4-membered cyclic amide) rings is 1. The maximum absolute atomic E-state index is 13.8. The van der Waals surface area contributed by atoms with Gasteiger partial charge in [-0.25, -0.2) is 9.48 Å². The predicted molar refractivity (Wildman–Crippen MR) is 134 cm³/mol. The van der Waals surface area contributed by atoms with Crippen LogP contribution in [-0.2, 0) is 21.4 Å². The molecule has 0 radical (unpaired) electrons. The van der Waals surface area contributed by atoms with Gasteiger partial charge in [-0.3, -0.25) is 9.69 Å². The van der Waals surface area contributed by atoms with E-state index in [9.17, 15) is 14.7 Å². The summed E-state index contributed by atoms with van der Waals surface area (Å²) < 4.78 is 7.63. The number of aliphatic hydroxyl groups is 1. The number of nitrogens with two attached hydrogens (primary N) is 1. The SMILES string of the molecule is Cn1nnnc1SCC1=C(C(=O)OC(c2ccccc2)c2ccccc2)N2C(=O)[C@](N)(CO)[C@H]2SC1. The molecule has 0 bridgehead atoms. The maximum atomic E-state index is 13.8. The predicted octanol–water partition coefficient (Wildman–Crippen LogP) is 1.49. The summed E-state index contributed by atoms with van der Waals surface area (Å²) in [6.45, 7) is -0.506. The Labute approximate surface area is 215 Å². The minimum atomic E-state index is -1.43. The van der Waals surface area contributed by atoms with Gasteiger partial charge < -0.3 is 15.6 Å². The fraction of sp³-hybridized carbons (Fsp3) is 0.292. The van der Waals surface area contributed by atoms with Crippen molar-refractivity contribution in [2.75, 3.05) is 18.1 Å². The number of tetrazole rings is 1. The Bertz CT molecular complexity index is 1260. The molecule has 2 aromatic carbocycles. The number of thioether (sulfide) groups is 2. The lowest BCUT2D eigenvalue weighted by atomic mass is 9.88. The molecule has 10 nitrogen and oxygen atoms in total. The van der Waals surface area contributed by atoms with Crippen LogP contribution < -0.4 is 5.73 Å². The molecule has 186 valence electrons. The van der Waals surface area contributed by atoms with Crippen LogP contribution in [0.15, 0.2) is 77.1 Å². The average molecular weight is 525 g/mol. The normalized spacial score (nSPS) is 21.4. The van der Waals surface area contributed by atoms with Crippen LogP contribution >= 0.6 is 23.5 Å². The third-order valence-electron chi connectivity index (χ3n) is 6.12. The number of aromatic nitrogens is 4. The lowest BCUT2D eigenvalue weighted by molar-refractivity contribution is -0.160. The molecule has 0 unspecified atom stereocenters. The van der Waals surface area contributed by atoms with Crippen LogP contribution in [0.1, 0.15) is 17.2 Å². The van der Waals surface area contributed by atoms with Gasteiger partial charge in [-0.2, -0.15) is 0 Å². The van der Waals surface area contributed by atoms with Crippen molar-refractivity contribution in [2.45, 2.75) is 22.2 Å². The van der Waals surface area contributed by atoms with Gasteiger partial charge in [0.1, 0.15) is 16.6 Å². The number of carbonyl (C=O) groups is 2. The van der Waals surface area contributed by atoms with Crippen LogP contribution in [0, 0.1) is 0 Å². The smallest absolute Gasteiger partial charge is 0.356 e. The Hall–Kier alpha value is -3.19. The van der Waals surface area contributed by atoms with Gasteiger partial charge in [-0.05, 0) is 27.1 Å². The summed E-state index contributed by atoms with van der Waals surface area (Å²) in [6, 6.07) is 18.9. The number of esters is 1. The van der Waals surface area contributed by atoms with E-state index >= 15 is 0 Å². The molecular weight excluding hydrogens is 500 g/mol. The number of hydrogen-bond donors (Lipinski definition) is 2. The number of ether oxygens (including phenoxy) is 1. The van der Waals surface area contributed by atoms with E-state index in [4.69, 9.17) is 10.5 Å². The van der Waals surface area contributed by atoms with Crippen molar-refractivity contribution in [3.05, 3.63) is 83.1 Å². The summed E-state index contributed by atoms with van der Waals surface area (Å²) in [5, 5.41) is 21.3. The van der Waals surface area contributed by atoms with Gasteiger partial charge in [-0.1, -0.05) is 72.4 Å². The monoisotopic (exact) mass is 524 g/mol. The first-order valence-corrected chi connectivity index (χ1v) is 13.2.